The van der Waals surface area contributed by atoms with Crippen LogP contribution in [0.2, 0.25) is 0 Å². The van der Waals surface area contributed by atoms with Gasteiger partial charge >= 0.3 is 0 Å². The number of carbonyl (C=O) groups is 1. The second-order valence-corrected chi connectivity index (χ2v) is 8.29. The standard InChI is InChI=1S/C21H26FN3O2/c22-18-12-15(13-23)2-7-19(18)24-10-1-8-21(14-24)9-11-25(20(21)27)16-3-5-17(26)6-4-16/h2,7,12,16-17,26H,1,3-6,8-11,14H2/t16-,17-,21?. The van der Waals surface area contributed by atoms with Crippen molar-refractivity contribution in [1.82, 2.24) is 4.90 Å². The van der Waals surface area contributed by atoms with Gasteiger partial charge in [0.05, 0.1) is 28.8 Å². The van der Waals surface area contributed by atoms with E-state index in [9.17, 15) is 14.3 Å². The van der Waals surface area contributed by atoms with Crippen molar-refractivity contribution in [3.05, 3.63) is 29.6 Å². The lowest BCUT2D eigenvalue weighted by Gasteiger charge is -2.41. The van der Waals surface area contributed by atoms with Crippen LogP contribution in [0.3, 0.4) is 0 Å². The molecular weight excluding hydrogens is 345 g/mol. The number of aliphatic hydroxyl groups excluding tert-OH is 1. The average molecular weight is 371 g/mol. The number of hydrogen-bond acceptors (Lipinski definition) is 4. The Morgan fingerprint density at radius 3 is 2.67 bits per heavy atom. The Morgan fingerprint density at radius 1 is 1.19 bits per heavy atom. The minimum atomic E-state index is -0.422. The summed E-state index contributed by atoms with van der Waals surface area (Å²) in [5.41, 5.74) is 0.375. The predicted molar refractivity (Wildman–Crippen MR) is 99.6 cm³/mol. The minimum Gasteiger partial charge on any atom is -0.393 e. The number of amides is 1. The highest BCUT2D eigenvalue weighted by Crippen LogP contribution is 2.43. The molecule has 2 aliphatic heterocycles. The van der Waals surface area contributed by atoms with Crippen LogP contribution in [0.5, 0.6) is 0 Å². The first kappa shape index (κ1) is 18.2. The number of nitrogens with zero attached hydrogens (tertiary/aromatic N) is 3. The van der Waals surface area contributed by atoms with Crippen LogP contribution in [0.1, 0.15) is 50.5 Å². The first-order chi connectivity index (χ1) is 13.0. The Bertz CT molecular complexity index is 769. The van der Waals surface area contributed by atoms with Crippen LogP contribution in [-0.4, -0.2) is 47.7 Å². The van der Waals surface area contributed by atoms with E-state index in [4.69, 9.17) is 5.26 Å². The molecule has 0 aromatic heterocycles. The Kier molecular flexibility index (Phi) is 4.81. The summed E-state index contributed by atoms with van der Waals surface area (Å²) >= 11 is 0. The molecule has 1 aliphatic carbocycles. The molecule has 6 heteroatoms. The second-order valence-electron chi connectivity index (χ2n) is 8.29. The summed E-state index contributed by atoms with van der Waals surface area (Å²) in [6.45, 7) is 2.04. The summed E-state index contributed by atoms with van der Waals surface area (Å²) in [7, 11) is 0. The molecule has 144 valence electrons. The van der Waals surface area contributed by atoms with E-state index in [1.807, 2.05) is 15.9 Å². The Morgan fingerprint density at radius 2 is 1.96 bits per heavy atom. The quantitative estimate of drug-likeness (QED) is 0.868. The summed E-state index contributed by atoms with van der Waals surface area (Å²) in [5.74, 6) is -0.183. The molecule has 3 aliphatic rings. The van der Waals surface area contributed by atoms with E-state index in [0.29, 0.717) is 17.8 Å². The summed E-state index contributed by atoms with van der Waals surface area (Å²) < 4.78 is 14.5. The fourth-order valence-corrected chi connectivity index (χ4v) is 5.11. The molecule has 1 aromatic rings. The molecule has 1 amide bonds. The maximum absolute atomic E-state index is 14.5. The van der Waals surface area contributed by atoms with Crippen LogP contribution >= 0.6 is 0 Å². The van der Waals surface area contributed by atoms with Crippen molar-refractivity contribution in [3.63, 3.8) is 0 Å². The summed E-state index contributed by atoms with van der Waals surface area (Å²) in [6, 6.07) is 6.76. The highest BCUT2D eigenvalue weighted by Gasteiger charge is 2.50. The van der Waals surface area contributed by atoms with Crippen molar-refractivity contribution in [2.24, 2.45) is 5.41 Å². The Hall–Kier alpha value is -2.13. The lowest BCUT2D eigenvalue weighted by atomic mass is 9.78. The molecule has 2 saturated heterocycles. The minimum absolute atomic E-state index is 0.211. The van der Waals surface area contributed by atoms with Gasteiger partial charge in [0.15, 0.2) is 0 Å². The van der Waals surface area contributed by atoms with Gasteiger partial charge in [0, 0.05) is 25.7 Å². The van der Waals surface area contributed by atoms with Crippen LogP contribution in [0, 0.1) is 22.6 Å². The van der Waals surface area contributed by atoms with Crippen molar-refractivity contribution in [2.75, 3.05) is 24.5 Å². The van der Waals surface area contributed by atoms with E-state index in [2.05, 4.69) is 0 Å². The maximum Gasteiger partial charge on any atom is 0.230 e. The fraction of sp³-hybridized carbons (Fsp3) is 0.619. The van der Waals surface area contributed by atoms with Gasteiger partial charge in [-0.1, -0.05) is 0 Å². The largest absolute Gasteiger partial charge is 0.393 e. The fourth-order valence-electron chi connectivity index (χ4n) is 5.11. The van der Waals surface area contributed by atoms with E-state index >= 15 is 0 Å². The first-order valence-electron chi connectivity index (χ1n) is 9.96. The maximum atomic E-state index is 14.5. The highest BCUT2D eigenvalue weighted by molar-refractivity contribution is 5.86. The van der Waals surface area contributed by atoms with Crippen molar-refractivity contribution in [1.29, 1.82) is 5.26 Å². The van der Waals surface area contributed by atoms with Crippen LogP contribution in [0.4, 0.5) is 10.1 Å². The molecular formula is C21H26FN3O2. The van der Waals surface area contributed by atoms with Gasteiger partial charge in [0.25, 0.3) is 0 Å². The van der Waals surface area contributed by atoms with Gasteiger partial charge in [-0.2, -0.15) is 5.26 Å². The van der Waals surface area contributed by atoms with Crippen molar-refractivity contribution in [3.8, 4) is 6.07 Å². The van der Waals surface area contributed by atoms with Crippen molar-refractivity contribution in [2.45, 2.75) is 57.1 Å². The number of benzene rings is 1. The molecule has 4 rings (SSSR count). The number of likely N-dealkylation sites (tertiary alicyclic amines) is 1. The predicted octanol–water partition coefficient (Wildman–Crippen LogP) is 2.82. The molecule has 1 atom stereocenters. The third-order valence-corrected chi connectivity index (χ3v) is 6.65. The normalized spacial score (nSPS) is 31.4. The van der Waals surface area contributed by atoms with Gasteiger partial charge < -0.3 is 14.9 Å². The Balaban J connectivity index is 1.51. The number of nitriles is 1. The van der Waals surface area contributed by atoms with Gasteiger partial charge in [-0.3, -0.25) is 4.79 Å². The smallest absolute Gasteiger partial charge is 0.230 e. The van der Waals surface area contributed by atoms with Gasteiger partial charge in [-0.25, -0.2) is 4.39 Å². The number of hydrogen-bond donors (Lipinski definition) is 1. The van der Waals surface area contributed by atoms with Gasteiger partial charge in [0.2, 0.25) is 5.91 Å². The molecule has 1 unspecified atom stereocenters. The topological polar surface area (TPSA) is 67.6 Å². The molecule has 0 radical (unpaired) electrons. The third kappa shape index (κ3) is 3.29. The average Bonchev–Trinajstić information content (AvgIpc) is 2.98. The second kappa shape index (κ2) is 7.12. The molecule has 1 spiro atoms. The lowest BCUT2D eigenvalue weighted by Crippen LogP contribution is -2.50. The SMILES string of the molecule is N#Cc1ccc(N2CCCC3(CCN([C@H]4CC[C@H](O)CC4)C3=O)C2)c(F)c1. The molecule has 5 nitrogen and oxygen atoms in total. The monoisotopic (exact) mass is 371 g/mol. The summed E-state index contributed by atoms with van der Waals surface area (Å²) in [5, 5.41) is 18.7. The van der Waals surface area contributed by atoms with Crippen LogP contribution in [0.15, 0.2) is 18.2 Å². The zero-order valence-electron chi connectivity index (χ0n) is 15.5. The number of anilines is 1. The van der Waals surface area contributed by atoms with E-state index in [-0.39, 0.29) is 18.1 Å². The number of rotatable bonds is 2. The molecule has 1 saturated carbocycles. The molecule has 0 bridgehead atoms. The van der Waals surface area contributed by atoms with Gasteiger partial charge in [-0.05, 0) is 63.1 Å². The number of aliphatic hydroxyl groups is 1. The zero-order valence-corrected chi connectivity index (χ0v) is 15.5. The third-order valence-electron chi connectivity index (χ3n) is 6.65. The number of piperidine rings is 1. The molecule has 1 aromatic carbocycles. The number of carbonyl (C=O) groups excluding carboxylic acids is 1. The van der Waals surface area contributed by atoms with E-state index in [1.165, 1.54) is 6.07 Å². The van der Waals surface area contributed by atoms with E-state index in [1.54, 1.807) is 12.1 Å². The summed E-state index contributed by atoms with van der Waals surface area (Å²) in [6.07, 6.45) is 5.59. The number of halogens is 1. The molecule has 27 heavy (non-hydrogen) atoms. The summed E-state index contributed by atoms with van der Waals surface area (Å²) in [4.78, 5) is 17.3. The molecule has 1 N–H and O–H groups in total. The highest BCUT2D eigenvalue weighted by atomic mass is 19.1. The van der Waals surface area contributed by atoms with Crippen molar-refractivity contribution < 1.29 is 14.3 Å². The lowest BCUT2D eigenvalue weighted by molar-refractivity contribution is -0.139. The van der Waals surface area contributed by atoms with Crippen LogP contribution < -0.4 is 4.90 Å². The molecule has 2 heterocycles. The van der Waals surface area contributed by atoms with Gasteiger partial charge in [-0.15, -0.1) is 0 Å². The van der Waals surface area contributed by atoms with Crippen LogP contribution in [0.25, 0.3) is 0 Å². The molecule has 3 fully saturated rings. The van der Waals surface area contributed by atoms with Crippen LogP contribution in [-0.2, 0) is 4.79 Å². The Labute approximate surface area is 159 Å². The van der Waals surface area contributed by atoms with Crippen molar-refractivity contribution >= 4 is 11.6 Å². The zero-order chi connectivity index (χ0) is 19.0. The van der Waals surface area contributed by atoms with Gasteiger partial charge in [0.1, 0.15) is 5.82 Å². The van der Waals surface area contributed by atoms with E-state index < -0.39 is 11.2 Å². The first-order valence-corrected chi connectivity index (χ1v) is 9.96. The van der Waals surface area contributed by atoms with E-state index in [0.717, 1.165) is 58.0 Å².